The van der Waals surface area contributed by atoms with Crippen molar-refractivity contribution >= 4 is 23.0 Å². The lowest BCUT2D eigenvalue weighted by Gasteiger charge is -2.03. The molecule has 0 radical (unpaired) electrons. The van der Waals surface area contributed by atoms with E-state index in [4.69, 9.17) is 0 Å². The van der Waals surface area contributed by atoms with Gasteiger partial charge in [-0.1, -0.05) is 6.07 Å². The quantitative estimate of drug-likeness (QED) is 0.588. The molecule has 0 saturated heterocycles. The molecule has 0 aliphatic heterocycles. The first-order chi connectivity index (χ1) is 10.1. The van der Waals surface area contributed by atoms with Crippen LogP contribution in [0.2, 0.25) is 0 Å². The Hall–Kier alpha value is -2.90. The molecule has 8 heteroatoms. The Morgan fingerprint density at radius 3 is 2.86 bits per heavy atom. The highest BCUT2D eigenvalue weighted by Gasteiger charge is 2.22. The van der Waals surface area contributed by atoms with Crippen LogP contribution in [0.3, 0.4) is 0 Å². The fraction of sp³-hybridized carbons (Fsp3) is 0.231. The molecule has 1 N–H and O–H groups in total. The van der Waals surface area contributed by atoms with Crippen LogP contribution in [0.15, 0.2) is 36.8 Å². The van der Waals surface area contributed by atoms with Crippen LogP contribution < -0.4 is 5.32 Å². The largest absolute Gasteiger partial charge is 0.372 e. The molecule has 21 heavy (non-hydrogen) atoms. The number of aromatic nitrogens is 4. The average Bonchev–Trinajstić information content (AvgIpc) is 3.02. The molecule has 0 saturated carbocycles. The second-order valence-electron chi connectivity index (χ2n) is 4.90. The Morgan fingerprint density at radius 2 is 2.19 bits per heavy atom. The van der Waals surface area contributed by atoms with E-state index in [1.807, 2.05) is 13.8 Å². The van der Waals surface area contributed by atoms with E-state index in [2.05, 4.69) is 15.4 Å². The second kappa shape index (κ2) is 4.89. The third kappa shape index (κ3) is 2.31. The summed E-state index contributed by atoms with van der Waals surface area (Å²) in [6, 6.07) is 5.45. The van der Waals surface area contributed by atoms with E-state index in [-0.39, 0.29) is 17.7 Å². The van der Waals surface area contributed by atoms with Crippen LogP contribution in [0.4, 0.5) is 17.3 Å². The minimum atomic E-state index is -0.449. The van der Waals surface area contributed by atoms with E-state index in [1.165, 1.54) is 4.40 Å². The number of nitro groups is 1. The number of fused-ring (bicyclic) bond motifs is 1. The maximum atomic E-state index is 11.3. The summed E-state index contributed by atoms with van der Waals surface area (Å²) in [6.07, 6.45) is 5.02. The van der Waals surface area contributed by atoms with Gasteiger partial charge in [0.2, 0.25) is 11.5 Å². The van der Waals surface area contributed by atoms with Crippen molar-refractivity contribution in [1.29, 1.82) is 0 Å². The first-order valence-corrected chi connectivity index (χ1v) is 6.49. The molecular formula is C13H14N6O2. The topological polar surface area (TPSA) is 90.3 Å². The summed E-state index contributed by atoms with van der Waals surface area (Å²) < 4.78 is 3.21. The van der Waals surface area contributed by atoms with Gasteiger partial charge in [-0.2, -0.15) is 14.5 Å². The van der Waals surface area contributed by atoms with Crippen LogP contribution in [-0.4, -0.2) is 24.1 Å². The average molecular weight is 286 g/mol. The molecule has 0 amide bonds. The number of imidazole rings is 1. The lowest BCUT2D eigenvalue weighted by molar-refractivity contribution is -0.389. The fourth-order valence-electron chi connectivity index (χ4n) is 2.06. The van der Waals surface area contributed by atoms with Crippen molar-refractivity contribution in [2.24, 2.45) is 0 Å². The van der Waals surface area contributed by atoms with Crippen molar-refractivity contribution in [3.63, 3.8) is 0 Å². The van der Waals surface area contributed by atoms with Gasteiger partial charge in [0.05, 0.1) is 18.1 Å². The minimum Gasteiger partial charge on any atom is -0.358 e. The van der Waals surface area contributed by atoms with E-state index in [9.17, 15) is 10.1 Å². The molecule has 3 aromatic rings. The van der Waals surface area contributed by atoms with Crippen molar-refractivity contribution in [2.45, 2.75) is 19.9 Å². The number of rotatable bonds is 4. The van der Waals surface area contributed by atoms with Gasteiger partial charge in [-0.25, -0.2) is 0 Å². The first kappa shape index (κ1) is 13.1. The van der Waals surface area contributed by atoms with Crippen molar-refractivity contribution in [3.05, 3.63) is 46.9 Å². The zero-order chi connectivity index (χ0) is 15.0. The highest BCUT2D eigenvalue weighted by molar-refractivity contribution is 5.68. The molecular weight excluding hydrogens is 272 g/mol. The molecule has 0 unspecified atom stereocenters. The Bertz CT molecular complexity index is 804. The Labute approximate surface area is 120 Å². The predicted molar refractivity (Wildman–Crippen MR) is 77.7 cm³/mol. The zero-order valence-corrected chi connectivity index (χ0v) is 11.6. The van der Waals surface area contributed by atoms with Crippen molar-refractivity contribution in [1.82, 2.24) is 19.2 Å². The highest BCUT2D eigenvalue weighted by Crippen LogP contribution is 2.28. The van der Waals surface area contributed by atoms with E-state index in [1.54, 1.807) is 41.5 Å². The molecule has 0 aromatic carbocycles. The summed E-state index contributed by atoms with van der Waals surface area (Å²) in [5, 5.41) is 18.4. The van der Waals surface area contributed by atoms with Gasteiger partial charge in [-0.3, -0.25) is 4.68 Å². The Balaban J connectivity index is 2.03. The predicted octanol–water partition coefficient (Wildman–Crippen LogP) is 2.76. The van der Waals surface area contributed by atoms with Crippen molar-refractivity contribution in [2.75, 3.05) is 5.32 Å². The lowest BCUT2D eigenvalue weighted by Crippen LogP contribution is -2.00. The molecule has 0 fully saturated rings. The molecule has 0 aliphatic carbocycles. The number of hydrogen-bond donors (Lipinski definition) is 1. The molecule has 3 heterocycles. The minimum absolute atomic E-state index is 0.0945. The normalized spacial score (nSPS) is 11.2. The monoisotopic (exact) mass is 286 g/mol. The number of hydrogen-bond acceptors (Lipinski definition) is 5. The third-order valence-corrected chi connectivity index (χ3v) is 3.07. The van der Waals surface area contributed by atoms with Crippen molar-refractivity contribution < 1.29 is 4.92 Å². The summed E-state index contributed by atoms with van der Waals surface area (Å²) in [6.45, 7) is 4.01. The van der Waals surface area contributed by atoms with Crippen LogP contribution in [-0.2, 0) is 0 Å². The number of pyridine rings is 1. The van der Waals surface area contributed by atoms with Gasteiger partial charge in [0, 0.05) is 18.3 Å². The molecule has 0 aliphatic rings. The molecule has 3 aromatic heterocycles. The lowest BCUT2D eigenvalue weighted by atomic mass is 10.4. The number of anilines is 2. The standard InChI is InChI=1S/C13H14N6O2/c1-9(2)18-8-10(7-14-18)15-12-13(19(20)21)17-6-4-3-5-11(17)16-12/h3-9,15H,1-2H3. The van der Waals surface area contributed by atoms with Crippen LogP contribution >= 0.6 is 0 Å². The molecule has 0 bridgehead atoms. The van der Waals surface area contributed by atoms with Gasteiger partial charge >= 0.3 is 5.82 Å². The highest BCUT2D eigenvalue weighted by atomic mass is 16.6. The summed E-state index contributed by atoms with van der Waals surface area (Å²) >= 11 is 0. The van der Waals surface area contributed by atoms with Gasteiger partial charge in [0.1, 0.15) is 0 Å². The smallest absolute Gasteiger partial charge is 0.358 e. The van der Waals surface area contributed by atoms with Gasteiger partial charge in [-0.05, 0) is 24.8 Å². The van der Waals surface area contributed by atoms with Gasteiger partial charge in [0.25, 0.3) is 0 Å². The third-order valence-electron chi connectivity index (χ3n) is 3.07. The van der Waals surface area contributed by atoms with Crippen LogP contribution in [0.1, 0.15) is 19.9 Å². The van der Waals surface area contributed by atoms with Gasteiger partial charge in [0.15, 0.2) is 0 Å². The van der Waals surface area contributed by atoms with Gasteiger partial charge < -0.3 is 15.4 Å². The molecule has 108 valence electrons. The Morgan fingerprint density at radius 1 is 1.38 bits per heavy atom. The van der Waals surface area contributed by atoms with Gasteiger partial charge in [-0.15, -0.1) is 0 Å². The summed E-state index contributed by atoms with van der Waals surface area (Å²) in [7, 11) is 0. The number of nitrogens with one attached hydrogen (secondary N) is 1. The molecule has 8 nitrogen and oxygen atoms in total. The SMILES string of the molecule is CC(C)n1cc(Nc2nc3ccccn3c2[N+](=O)[O-])cn1. The molecule has 0 spiro atoms. The maximum absolute atomic E-state index is 11.3. The summed E-state index contributed by atoms with van der Waals surface area (Å²) in [4.78, 5) is 15.1. The van der Waals surface area contributed by atoms with E-state index in [0.717, 1.165) is 0 Å². The first-order valence-electron chi connectivity index (χ1n) is 6.49. The zero-order valence-electron chi connectivity index (χ0n) is 11.6. The van der Waals surface area contributed by atoms with Crippen LogP contribution in [0.25, 0.3) is 5.65 Å². The second-order valence-corrected chi connectivity index (χ2v) is 4.90. The number of nitrogens with zero attached hydrogens (tertiary/aromatic N) is 5. The van der Waals surface area contributed by atoms with E-state index < -0.39 is 4.92 Å². The molecule has 3 rings (SSSR count). The fourth-order valence-corrected chi connectivity index (χ4v) is 2.06. The van der Waals surface area contributed by atoms with Crippen LogP contribution in [0.5, 0.6) is 0 Å². The van der Waals surface area contributed by atoms with Crippen LogP contribution in [0, 0.1) is 10.1 Å². The van der Waals surface area contributed by atoms with E-state index >= 15 is 0 Å². The Kier molecular flexibility index (Phi) is 3.05. The summed E-state index contributed by atoms with van der Waals surface area (Å²) in [5.74, 6) is 0.109. The van der Waals surface area contributed by atoms with Crippen molar-refractivity contribution in [3.8, 4) is 0 Å². The maximum Gasteiger partial charge on any atom is 0.372 e. The molecule has 0 atom stereocenters. The van der Waals surface area contributed by atoms with E-state index in [0.29, 0.717) is 11.3 Å². The summed E-state index contributed by atoms with van der Waals surface area (Å²) in [5.41, 5.74) is 1.18.